The van der Waals surface area contributed by atoms with E-state index in [0.717, 1.165) is 0 Å². The van der Waals surface area contributed by atoms with Gasteiger partial charge in [0.25, 0.3) is 0 Å². The third kappa shape index (κ3) is 4.16. The van der Waals surface area contributed by atoms with Crippen molar-refractivity contribution in [1.82, 2.24) is 4.72 Å². The molecule has 0 fully saturated rings. The monoisotopic (exact) mass is 260 g/mol. The van der Waals surface area contributed by atoms with Crippen molar-refractivity contribution in [3.8, 4) is 11.8 Å². The van der Waals surface area contributed by atoms with E-state index in [1.807, 2.05) is 6.07 Å². The fourth-order valence-corrected chi connectivity index (χ4v) is 1.29. The number of carbonyl (C=O) groups excluding carboxylic acids is 1. The predicted molar refractivity (Wildman–Crippen MR) is 55.1 cm³/mol. The summed E-state index contributed by atoms with van der Waals surface area (Å²) in [7, 11) is 0.584. The van der Waals surface area contributed by atoms with Crippen molar-refractivity contribution in [2.75, 3.05) is 0 Å². The van der Waals surface area contributed by atoms with Crippen LogP contribution in [0.25, 0.3) is 0 Å². The highest BCUT2D eigenvalue weighted by Crippen LogP contribution is 2.12. The van der Waals surface area contributed by atoms with Crippen molar-refractivity contribution in [2.45, 2.75) is 0 Å². The van der Waals surface area contributed by atoms with E-state index >= 15 is 0 Å². The van der Waals surface area contributed by atoms with Crippen LogP contribution >= 0.6 is 10.7 Å². The molecule has 0 atom stereocenters. The van der Waals surface area contributed by atoms with E-state index in [-0.39, 0.29) is 11.3 Å². The maximum absolute atomic E-state index is 10.9. The second-order valence-corrected chi connectivity index (χ2v) is 4.87. The largest absolute Gasteiger partial charge is 0.427 e. The molecule has 1 N–H and O–H groups in total. The minimum atomic E-state index is -4.18. The van der Waals surface area contributed by atoms with Crippen LogP contribution in [0.15, 0.2) is 24.3 Å². The maximum atomic E-state index is 10.9. The SMILES string of the molecule is N#Cc1cccc(OC(=O)NS(=O)(=O)Cl)c1. The average Bonchev–Trinajstić information content (AvgIpc) is 2.15. The molecular weight excluding hydrogens is 256 g/mol. The molecule has 8 heteroatoms. The fourth-order valence-electron chi connectivity index (χ4n) is 0.857. The van der Waals surface area contributed by atoms with Gasteiger partial charge in [-0.15, -0.1) is 0 Å². The van der Waals surface area contributed by atoms with E-state index in [9.17, 15) is 13.2 Å². The van der Waals surface area contributed by atoms with Gasteiger partial charge >= 0.3 is 15.3 Å². The lowest BCUT2D eigenvalue weighted by Crippen LogP contribution is -2.29. The Kier molecular flexibility index (Phi) is 3.71. The normalized spacial score (nSPS) is 10.2. The zero-order valence-corrected chi connectivity index (χ0v) is 9.25. The summed E-state index contributed by atoms with van der Waals surface area (Å²) in [6, 6.07) is 7.49. The lowest BCUT2D eigenvalue weighted by molar-refractivity contribution is 0.207. The molecule has 1 amide bonds. The van der Waals surface area contributed by atoms with Crippen LogP contribution in [0.2, 0.25) is 0 Å². The second-order valence-electron chi connectivity index (χ2n) is 2.57. The number of ether oxygens (including phenoxy) is 1. The van der Waals surface area contributed by atoms with Crippen molar-refractivity contribution in [3.63, 3.8) is 0 Å². The average molecular weight is 261 g/mol. The predicted octanol–water partition coefficient (Wildman–Crippen LogP) is 1.13. The highest BCUT2D eigenvalue weighted by Gasteiger charge is 2.12. The Bertz CT molecular complexity index is 549. The first-order chi connectivity index (χ1) is 7.40. The van der Waals surface area contributed by atoms with Gasteiger partial charge in [-0.05, 0) is 18.2 Å². The summed E-state index contributed by atoms with van der Waals surface area (Å²) in [5.41, 5.74) is 0.277. The van der Waals surface area contributed by atoms with Gasteiger partial charge in [0.1, 0.15) is 5.75 Å². The van der Waals surface area contributed by atoms with Crippen molar-refractivity contribution >= 4 is 26.0 Å². The molecule has 0 aliphatic carbocycles. The first-order valence-electron chi connectivity index (χ1n) is 3.85. The minimum Gasteiger partial charge on any atom is -0.410 e. The zero-order valence-electron chi connectivity index (χ0n) is 7.68. The molecule has 1 aromatic rings. The first kappa shape index (κ1) is 12.3. The lowest BCUT2D eigenvalue weighted by Gasteiger charge is -2.03. The Morgan fingerprint density at radius 2 is 2.19 bits per heavy atom. The van der Waals surface area contributed by atoms with Gasteiger partial charge < -0.3 is 4.74 Å². The number of nitriles is 1. The van der Waals surface area contributed by atoms with Gasteiger partial charge in [0.15, 0.2) is 0 Å². The number of rotatable bonds is 2. The van der Waals surface area contributed by atoms with Crippen molar-refractivity contribution in [3.05, 3.63) is 29.8 Å². The van der Waals surface area contributed by atoms with Gasteiger partial charge in [0.2, 0.25) is 0 Å². The summed E-state index contributed by atoms with van der Waals surface area (Å²) in [6.07, 6.45) is -1.25. The number of nitrogens with zero attached hydrogens (tertiary/aromatic N) is 1. The van der Waals surface area contributed by atoms with Crippen LogP contribution in [-0.2, 0) is 9.24 Å². The smallest absolute Gasteiger partial charge is 0.410 e. The van der Waals surface area contributed by atoms with Crippen LogP contribution in [0.1, 0.15) is 5.56 Å². The number of hydrogen-bond acceptors (Lipinski definition) is 5. The zero-order chi connectivity index (χ0) is 12.2. The Balaban J connectivity index is 2.74. The number of nitrogens with one attached hydrogen (secondary N) is 1. The number of benzene rings is 1. The van der Waals surface area contributed by atoms with Gasteiger partial charge in [-0.2, -0.15) is 13.7 Å². The van der Waals surface area contributed by atoms with E-state index in [1.54, 1.807) is 0 Å². The van der Waals surface area contributed by atoms with E-state index in [0.29, 0.717) is 0 Å². The number of amides is 1. The van der Waals surface area contributed by atoms with Crippen LogP contribution in [-0.4, -0.2) is 14.5 Å². The summed E-state index contributed by atoms with van der Waals surface area (Å²) >= 11 is 0. The minimum absolute atomic E-state index is 0.0388. The van der Waals surface area contributed by atoms with Crippen molar-refractivity contribution in [2.24, 2.45) is 0 Å². The summed E-state index contributed by atoms with van der Waals surface area (Å²) in [4.78, 5) is 10.9. The van der Waals surface area contributed by atoms with Gasteiger partial charge in [-0.1, -0.05) is 6.07 Å². The highest BCUT2D eigenvalue weighted by molar-refractivity contribution is 8.12. The van der Waals surface area contributed by atoms with Crippen LogP contribution in [0.4, 0.5) is 4.79 Å². The molecule has 0 bridgehead atoms. The Morgan fingerprint density at radius 3 is 2.75 bits per heavy atom. The summed E-state index contributed by atoms with van der Waals surface area (Å²) in [5.74, 6) is 0.0388. The van der Waals surface area contributed by atoms with Crippen LogP contribution in [0.5, 0.6) is 5.75 Å². The molecule has 0 unspecified atom stereocenters. The van der Waals surface area contributed by atoms with E-state index < -0.39 is 15.3 Å². The molecule has 16 heavy (non-hydrogen) atoms. The fraction of sp³-hybridized carbons (Fsp3) is 0. The van der Waals surface area contributed by atoms with E-state index in [4.69, 9.17) is 15.9 Å². The van der Waals surface area contributed by atoms with Gasteiger partial charge in [-0.25, -0.2) is 9.52 Å². The van der Waals surface area contributed by atoms with Gasteiger partial charge in [0, 0.05) is 10.7 Å². The van der Waals surface area contributed by atoms with E-state index in [2.05, 4.69) is 4.74 Å². The van der Waals surface area contributed by atoms with Crippen LogP contribution in [0.3, 0.4) is 0 Å². The summed E-state index contributed by atoms with van der Waals surface area (Å²) < 4.78 is 26.9. The second kappa shape index (κ2) is 4.83. The summed E-state index contributed by atoms with van der Waals surface area (Å²) in [6.45, 7) is 0. The van der Waals surface area contributed by atoms with Crippen LogP contribution in [0, 0.1) is 11.3 Å². The van der Waals surface area contributed by atoms with Crippen LogP contribution < -0.4 is 9.46 Å². The molecule has 0 aromatic heterocycles. The van der Waals surface area contributed by atoms with Gasteiger partial charge in [0.05, 0.1) is 11.6 Å². The van der Waals surface area contributed by atoms with Crippen molar-refractivity contribution in [1.29, 1.82) is 5.26 Å². The Morgan fingerprint density at radius 1 is 1.50 bits per heavy atom. The molecule has 0 radical (unpaired) electrons. The number of carbonyl (C=O) groups is 1. The first-order valence-corrected chi connectivity index (χ1v) is 6.16. The molecule has 6 nitrogen and oxygen atoms in total. The lowest BCUT2D eigenvalue weighted by atomic mass is 10.2. The molecular formula is C8H5ClN2O4S. The number of hydrogen-bond donors (Lipinski definition) is 1. The molecule has 1 rings (SSSR count). The topological polar surface area (TPSA) is 96.3 Å². The molecule has 1 aromatic carbocycles. The molecule has 0 heterocycles. The Labute approximate surface area is 95.9 Å². The molecule has 0 saturated carbocycles. The highest BCUT2D eigenvalue weighted by atomic mass is 35.7. The molecule has 0 spiro atoms. The Hall–Kier alpha value is -1.78. The number of halogens is 1. The molecule has 0 saturated heterocycles. The quantitative estimate of drug-likeness (QED) is 0.804. The maximum Gasteiger partial charge on any atom is 0.427 e. The third-order valence-electron chi connectivity index (χ3n) is 1.38. The third-order valence-corrected chi connectivity index (χ3v) is 2.02. The molecule has 0 aliphatic heterocycles. The standard InChI is InChI=1S/C8H5ClN2O4S/c9-16(13,14)11-8(12)15-7-3-1-2-6(4-7)5-10/h1-4H,(H,11,12). The van der Waals surface area contributed by atoms with Gasteiger partial charge in [-0.3, -0.25) is 0 Å². The molecule has 84 valence electrons. The van der Waals surface area contributed by atoms with E-state index in [1.165, 1.54) is 29.0 Å². The molecule has 0 aliphatic rings. The summed E-state index contributed by atoms with van der Waals surface area (Å²) in [5, 5.41) is 8.56. The van der Waals surface area contributed by atoms with Crippen molar-refractivity contribution < 1.29 is 17.9 Å².